The smallest absolute Gasteiger partial charge is 0.251 e. The summed E-state index contributed by atoms with van der Waals surface area (Å²) in [6, 6.07) is 5.62. The van der Waals surface area contributed by atoms with Crippen molar-refractivity contribution in [2.75, 3.05) is 5.88 Å². The summed E-state index contributed by atoms with van der Waals surface area (Å²) >= 11 is 12.0. The summed E-state index contributed by atoms with van der Waals surface area (Å²) < 4.78 is 0. The predicted octanol–water partition coefficient (Wildman–Crippen LogP) is 4.18. The Morgan fingerprint density at radius 2 is 2.11 bits per heavy atom. The molecule has 0 heterocycles. The average molecular weight is 300 g/mol. The van der Waals surface area contributed by atoms with E-state index >= 15 is 0 Å². The van der Waals surface area contributed by atoms with Gasteiger partial charge in [0.25, 0.3) is 5.91 Å². The number of carbonyl (C=O) groups excluding carboxylic acids is 1. The highest BCUT2D eigenvalue weighted by molar-refractivity contribution is 6.31. The Hall–Kier alpha value is -0.730. The van der Waals surface area contributed by atoms with Crippen molar-refractivity contribution in [3.63, 3.8) is 0 Å². The second-order valence-corrected chi connectivity index (χ2v) is 5.91. The first-order valence-electron chi connectivity index (χ1n) is 6.75. The van der Waals surface area contributed by atoms with E-state index in [4.69, 9.17) is 23.2 Å². The molecule has 2 unspecified atom stereocenters. The fourth-order valence-corrected chi connectivity index (χ4v) is 3.23. The van der Waals surface area contributed by atoms with Crippen LogP contribution < -0.4 is 5.32 Å². The van der Waals surface area contributed by atoms with E-state index in [1.165, 1.54) is 6.42 Å². The van der Waals surface area contributed by atoms with Gasteiger partial charge >= 0.3 is 0 Å². The van der Waals surface area contributed by atoms with Gasteiger partial charge in [-0.3, -0.25) is 4.79 Å². The van der Waals surface area contributed by atoms with Crippen LogP contribution in [0.15, 0.2) is 18.2 Å². The Morgan fingerprint density at radius 1 is 1.37 bits per heavy atom. The van der Waals surface area contributed by atoms with Gasteiger partial charge in [0.2, 0.25) is 0 Å². The minimum Gasteiger partial charge on any atom is -0.349 e. The third kappa shape index (κ3) is 3.43. The molecule has 4 heteroatoms. The van der Waals surface area contributed by atoms with Crippen molar-refractivity contribution in [1.29, 1.82) is 0 Å². The number of carbonyl (C=O) groups is 1. The molecule has 2 atom stereocenters. The molecule has 0 aromatic heterocycles. The lowest BCUT2D eigenvalue weighted by atomic mass is 9.85. The quantitative estimate of drug-likeness (QED) is 0.834. The van der Waals surface area contributed by atoms with Crippen LogP contribution in [0.2, 0.25) is 5.02 Å². The normalized spacial score (nSPS) is 23.1. The summed E-state index contributed by atoms with van der Waals surface area (Å²) in [5.74, 6) is 0.959. The molecule has 1 aliphatic carbocycles. The molecule has 104 valence electrons. The minimum atomic E-state index is -0.0398. The fraction of sp³-hybridized carbons (Fsp3) is 0.533. The maximum atomic E-state index is 12.3. The molecule has 0 saturated heterocycles. The number of halogens is 2. The van der Waals surface area contributed by atoms with Crippen molar-refractivity contribution in [1.82, 2.24) is 5.32 Å². The fourth-order valence-electron chi connectivity index (χ4n) is 2.68. The number of nitrogens with one attached hydrogen (secondary N) is 1. The summed E-state index contributed by atoms with van der Waals surface area (Å²) in [7, 11) is 0. The van der Waals surface area contributed by atoms with Crippen LogP contribution in [-0.2, 0) is 0 Å². The zero-order valence-electron chi connectivity index (χ0n) is 11.1. The number of hydrogen-bond donors (Lipinski definition) is 1. The van der Waals surface area contributed by atoms with Gasteiger partial charge in [0.1, 0.15) is 0 Å². The summed E-state index contributed by atoms with van der Waals surface area (Å²) in [6.07, 6.45) is 4.48. The van der Waals surface area contributed by atoms with Crippen molar-refractivity contribution in [2.24, 2.45) is 5.92 Å². The lowest BCUT2D eigenvalue weighted by Gasteiger charge is -2.31. The van der Waals surface area contributed by atoms with Crippen molar-refractivity contribution >= 4 is 29.1 Å². The SMILES string of the molecule is Cc1c(Cl)cccc1C(=O)NC1CCCCC1CCl. The van der Waals surface area contributed by atoms with E-state index in [0.29, 0.717) is 22.4 Å². The molecule has 19 heavy (non-hydrogen) atoms. The van der Waals surface area contributed by atoms with Crippen LogP contribution in [0.25, 0.3) is 0 Å². The Balaban J connectivity index is 2.09. The van der Waals surface area contributed by atoms with Gasteiger partial charge in [-0.2, -0.15) is 0 Å². The molecule has 1 amide bonds. The Bertz CT molecular complexity index is 461. The van der Waals surface area contributed by atoms with E-state index in [9.17, 15) is 4.79 Å². The summed E-state index contributed by atoms with van der Waals surface area (Å²) in [5.41, 5.74) is 1.49. The number of alkyl halides is 1. The first-order valence-corrected chi connectivity index (χ1v) is 7.66. The molecule has 0 radical (unpaired) electrons. The highest BCUT2D eigenvalue weighted by Crippen LogP contribution is 2.26. The van der Waals surface area contributed by atoms with E-state index in [1.807, 2.05) is 19.1 Å². The Labute approximate surface area is 124 Å². The number of amides is 1. The second kappa shape index (κ2) is 6.62. The standard InChI is InChI=1S/C15H19Cl2NO/c1-10-12(6-4-7-13(10)17)15(19)18-14-8-3-2-5-11(14)9-16/h4,6-7,11,14H,2-3,5,8-9H2,1H3,(H,18,19). The van der Waals surface area contributed by atoms with Crippen molar-refractivity contribution < 1.29 is 4.79 Å². The molecule has 0 aliphatic heterocycles. The van der Waals surface area contributed by atoms with Crippen LogP contribution in [0, 0.1) is 12.8 Å². The zero-order valence-corrected chi connectivity index (χ0v) is 12.6. The summed E-state index contributed by atoms with van der Waals surface area (Å²) in [5, 5.41) is 3.75. The van der Waals surface area contributed by atoms with Crippen LogP contribution in [-0.4, -0.2) is 17.8 Å². The first-order chi connectivity index (χ1) is 9.13. The van der Waals surface area contributed by atoms with Gasteiger partial charge in [-0.1, -0.05) is 30.5 Å². The molecule has 1 fully saturated rings. The molecular weight excluding hydrogens is 281 g/mol. The predicted molar refractivity (Wildman–Crippen MR) is 80.1 cm³/mol. The molecule has 1 aliphatic rings. The zero-order chi connectivity index (χ0) is 13.8. The molecular formula is C15H19Cl2NO. The average Bonchev–Trinajstić information content (AvgIpc) is 2.42. The third-order valence-corrected chi connectivity index (χ3v) is 4.74. The van der Waals surface area contributed by atoms with E-state index in [0.717, 1.165) is 24.8 Å². The van der Waals surface area contributed by atoms with Crippen LogP contribution in [0.4, 0.5) is 0 Å². The molecule has 1 aromatic carbocycles. The van der Waals surface area contributed by atoms with Crippen LogP contribution >= 0.6 is 23.2 Å². The molecule has 1 aromatic rings. The van der Waals surface area contributed by atoms with Gasteiger partial charge in [-0.05, 0) is 43.4 Å². The van der Waals surface area contributed by atoms with E-state index in [-0.39, 0.29) is 11.9 Å². The van der Waals surface area contributed by atoms with Crippen LogP contribution in [0.3, 0.4) is 0 Å². The van der Waals surface area contributed by atoms with Crippen molar-refractivity contribution in [3.05, 3.63) is 34.3 Å². The summed E-state index contributed by atoms with van der Waals surface area (Å²) in [4.78, 5) is 12.3. The molecule has 1 N–H and O–H groups in total. The van der Waals surface area contributed by atoms with Gasteiger partial charge < -0.3 is 5.32 Å². The van der Waals surface area contributed by atoms with Crippen molar-refractivity contribution in [2.45, 2.75) is 38.6 Å². The van der Waals surface area contributed by atoms with Gasteiger partial charge in [0.15, 0.2) is 0 Å². The van der Waals surface area contributed by atoms with Gasteiger partial charge in [-0.15, -0.1) is 11.6 Å². The lowest BCUT2D eigenvalue weighted by Crippen LogP contribution is -2.43. The number of benzene rings is 1. The van der Waals surface area contributed by atoms with Gasteiger partial charge in [0, 0.05) is 22.5 Å². The summed E-state index contributed by atoms with van der Waals surface area (Å²) in [6.45, 7) is 1.87. The number of hydrogen-bond acceptors (Lipinski definition) is 1. The molecule has 0 spiro atoms. The molecule has 0 bridgehead atoms. The maximum absolute atomic E-state index is 12.3. The van der Waals surface area contributed by atoms with Crippen molar-refractivity contribution in [3.8, 4) is 0 Å². The van der Waals surface area contributed by atoms with E-state index in [2.05, 4.69) is 5.32 Å². The molecule has 2 rings (SSSR count). The van der Waals surface area contributed by atoms with Gasteiger partial charge in [0.05, 0.1) is 0 Å². The van der Waals surface area contributed by atoms with Crippen LogP contribution in [0.5, 0.6) is 0 Å². The first kappa shape index (κ1) is 14.7. The molecule has 1 saturated carbocycles. The third-order valence-electron chi connectivity index (χ3n) is 3.94. The second-order valence-electron chi connectivity index (χ2n) is 5.19. The Kier molecular flexibility index (Phi) is 5.12. The Morgan fingerprint density at radius 3 is 2.84 bits per heavy atom. The van der Waals surface area contributed by atoms with Crippen LogP contribution in [0.1, 0.15) is 41.6 Å². The largest absolute Gasteiger partial charge is 0.349 e. The van der Waals surface area contributed by atoms with E-state index < -0.39 is 0 Å². The van der Waals surface area contributed by atoms with E-state index in [1.54, 1.807) is 6.07 Å². The monoisotopic (exact) mass is 299 g/mol. The maximum Gasteiger partial charge on any atom is 0.251 e. The lowest BCUT2D eigenvalue weighted by molar-refractivity contribution is 0.0910. The minimum absolute atomic E-state index is 0.0398. The highest BCUT2D eigenvalue weighted by atomic mass is 35.5. The molecule has 2 nitrogen and oxygen atoms in total. The van der Waals surface area contributed by atoms with Gasteiger partial charge in [-0.25, -0.2) is 0 Å². The number of rotatable bonds is 3. The highest BCUT2D eigenvalue weighted by Gasteiger charge is 2.26. The topological polar surface area (TPSA) is 29.1 Å².